The Morgan fingerprint density at radius 1 is 1.06 bits per heavy atom. The van der Waals surface area contributed by atoms with E-state index >= 15 is 0 Å². The van der Waals surface area contributed by atoms with E-state index in [1.807, 2.05) is 61.5 Å². The summed E-state index contributed by atoms with van der Waals surface area (Å²) in [5.74, 6) is 0.662. The normalized spacial score (nSPS) is 14.4. The van der Waals surface area contributed by atoms with Crippen molar-refractivity contribution in [2.45, 2.75) is 13.5 Å². The van der Waals surface area contributed by atoms with E-state index in [1.165, 1.54) is 7.11 Å². The van der Waals surface area contributed by atoms with E-state index in [-0.39, 0.29) is 11.6 Å². The van der Waals surface area contributed by atoms with Gasteiger partial charge in [0, 0.05) is 5.56 Å². The summed E-state index contributed by atoms with van der Waals surface area (Å²) in [6.45, 7) is 2.32. The number of methoxy groups -OCH3 is 1. The molecule has 3 aromatic carbocycles. The first-order chi connectivity index (χ1) is 15.0. The largest absolute Gasteiger partial charge is 0.493 e. The molecule has 0 aromatic heterocycles. The van der Waals surface area contributed by atoms with Gasteiger partial charge in [0.05, 0.1) is 12.1 Å². The van der Waals surface area contributed by atoms with Crippen LogP contribution in [0, 0.1) is 6.92 Å². The Morgan fingerprint density at radius 2 is 1.87 bits per heavy atom. The Hall–Kier alpha value is -3.57. The molecule has 156 valence electrons. The quantitative estimate of drug-likeness (QED) is 0.376. The standard InChI is InChI=1S/C25H20ClNO4/c1-16-7-6-10-19(11-16)24-27-21(25(28)31-24)13-18-12-20(26)23(22(14-18)29-2)30-15-17-8-4-3-5-9-17/h3-14H,15H2,1-2H3. The van der Waals surface area contributed by atoms with Crippen LogP contribution in [0.2, 0.25) is 5.02 Å². The second kappa shape index (κ2) is 9.06. The highest BCUT2D eigenvalue weighted by molar-refractivity contribution is 6.32. The molecule has 0 unspecified atom stereocenters. The van der Waals surface area contributed by atoms with Crippen LogP contribution >= 0.6 is 11.6 Å². The van der Waals surface area contributed by atoms with E-state index in [1.54, 1.807) is 18.2 Å². The number of esters is 1. The minimum Gasteiger partial charge on any atom is -0.493 e. The topological polar surface area (TPSA) is 57.1 Å². The van der Waals surface area contributed by atoms with Crippen molar-refractivity contribution in [1.29, 1.82) is 0 Å². The summed E-state index contributed by atoms with van der Waals surface area (Å²) in [6.07, 6.45) is 1.61. The molecule has 6 heteroatoms. The number of nitrogens with zero attached hydrogens (tertiary/aromatic N) is 1. The van der Waals surface area contributed by atoms with Gasteiger partial charge in [0.25, 0.3) is 0 Å². The van der Waals surface area contributed by atoms with Crippen LogP contribution < -0.4 is 9.47 Å². The molecule has 0 spiro atoms. The van der Waals surface area contributed by atoms with Crippen molar-refractivity contribution in [2.75, 3.05) is 7.11 Å². The van der Waals surface area contributed by atoms with Crippen LogP contribution in [0.25, 0.3) is 6.08 Å². The Labute approximate surface area is 185 Å². The van der Waals surface area contributed by atoms with Crippen LogP contribution in [-0.4, -0.2) is 19.0 Å². The SMILES string of the molecule is COc1cc(C=C2N=C(c3cccc(C)c3)OC2=O)cc(Cl)c1OCc1ccccc1. The van der Waals surface area contributed by atoms with Gasteiger partial charge >= 0.3 is 5.97 Å². The lowest BCUT2D eigenvalue weighted by Crippen LogP contribution is -2.05. The van der Waals surface area contributed by atoms with E-state index in [4.69, 9.17) is 25.8 Å². The maximum absolute atomic E-state index is 12.3. The fourth-order valence-corrected chi connectivity index (χ4v) is 3.44. The van der Waals surface area contributed by atoms with Gasteiger partial charge in [-0.25, -0.2) is 9.79 Å². The Bertz CT molecular complexity index is 1190. The van der Waals surface area contributed by atoms with Crippen LogP contribution in [0.15, 0.2) is 77.4 Å². The number of ether oxygens (including phenoxy) is 3. The molecule has 3 aromatic rings. The van der Waals surface area contributed by atoms with Crippen molar-refractivity contribution in [1.82, 2.24) is 0 Å². The maximum Gasteiger partial charge on any atom is 0.363 e. The average Bonchev–Trinajstić information content (AvgIpc) is 3.13. The summed E-state index contributed by atoms with van der Waals surface area (Å²) in [6, 6.07) is 20.8. The summed E-state index contributed by atoms with van der Waals surface area (Å²) >= 11 is 6.46. The zero-order valence-electron chi connectivity index (χ0n) is 17.1. The number of aliphatic imine (C=N–C) groups is 1. The lowest BCUT2D eigenvalue weighted by atomic mass is 10.1. The molecule has 0 fully saturated rings. The smallest absolute Gasteiger partial charge is 0.363 e. The highest BCUT2D eigenvalue weighted by atomic mass is 35.5. The fourth-order valence-electron chi connectivity index (χ4n) is 3.16. The number of benzene rings is 3. The number of carbonyl (C=O) groups is 1. The highest BCUT2D eigenvalue weighted by Gasteiger charge is 2.24. The van der Waals surface area contributed by atoms with Gasteiger partial charge < -0.3 is 14.2 Å². The van der Waals surface area contributed by atoms with E-state index in [0.29, 0.717) is 28.7 Å². The number of rotatable bonds is 6. The van der Waals surface area contributed by atoms with Crippen LogP contribution in [-0.2, 0) is 16.1 Å². The predicted octanol–water partition coefficient (Wildman–Crippen LogP) is 5.58. The average molecular weight is 434 g/mol. The first kappa shape index (κ1) is 20.7. The molecule has 31 heavy (non-hydrogen) atoms. The molecule has 0 bridgehead atoms. The molecule has 0 saturated carbocycles. The third kappa shape index (κ3) is 4.78. The Balaban J connectivity index is 1.60. The first-order valence-corrected chi connectivity index (χ1v) is 10.0. The van der Waals surface area contributed by atoms with Gasteiger partial charge in [0.2, 0.25) is 5.90 Å². The van der Waals surface area contributed by atoms with Crippen molar-refractivity contribution < 1.29 is 19.0 Å². The van der Waals surface area contributed by atoms with Gasteiger partial charge in [-0.05, 0) is 48.4 Å². The van der Waals surface area contributed by atoms with Crippen molar-refractivity contribution in [3.63, 3.8) is 0 Å². The van der Waals surface area contributed by atoms with Gasteiger partial charge in [-0.15, -0.1) is 0 Å². The van der Waals surface area contributed by atoms with Crippen LogP contribution in [0.4, 0.5) is 0 Å². The molecule has 0 aliphatic carbocycles. The minimum absolute atomic E-state index is 0.188. The molecule has 0 saturated heterocycles. The second-order valence-electron chi connectivity index (χ2n) is 7.01. The van der Waals surface area contributed by atoms with Crippen LogP contribution in [0.1, 0.15) is 22.3 Å². The second-order valence-corrected chi connectivity index (χ2v) is 7.42. The fraction of sp³-hybridized carbons (Fsp3) is 0.120. The summed E-state index contributed by atoms with van der Waals surface area (Å²) in [5, 5.41) is 0.372. The number of carbonyl (C=O) groups excluding carboxylic acids is 1. The summed E-state index contributed by atoms with van der Waals surface area (Å²) in [4.78, 5) is 16.7. The zero-order valence-corrected chi connectivity index (χ0v) is 17.8. The van der Waals surface area contributed by atoms with E-state index in [9.17, 15) is 4.79 Å². The molecular weight excluding hydrogens is 414 g/mol. The van der Waals surface area contributed by atoms with Gasteiger partial charge in [-0.1, -0.05) is 59.6 Å². The molecule has 0 amide bonds. The van der Waals surface area contributed by atoms with Gasteiger partial charge in [0.1, 0.15) is 6.61 Å². The highest BCUT2D eigenvalue weighted by Crippen LogP contribution is 2.38. The third-order valence-electron chi connectivity index (χ3n) is 4.67. The lowest BCUT2D eigenvalue weighted by molar-refractivity contribution is -0.129. The Kier molecular flexibility index (Phi) is 6.05. The van der Waals surface area contributed by atoms with Gasteiger partial charge in [0.15, 0.2) is 17.2 Å². The van der Waals surface area contributed by atoms with Crippen molar-refractivity contribution in [3.05, 3.63) is 99.7 Å². The molecule has 4 rings (SSSR count). The number of cyclic esters (lactones) is 1. The summed E-state index contributed by atoms with van der Waals surface area (Å²) in [7, 11) is 1.54. The predicted molar refractivity (Wildman–Crippen MR) is 121 cm³/mol. The summed E-state index contributed by atoms with van der Waals surface area (Å²) in [5.41, 5.74) is 3.65. The van der Waals surface area contributed by atoms with E-state index < -0.39 is 5.97 Å². The molecule has 1 heterocycles. The molecule has 1 aliphatic rings. The molecule has 0 N–H and O–H groups in total. The number of hydrogen-bond acceptors (Lipinski definition) is 5. The number of halogens is 1. The summed E-state index contributed by atoms with van der Waals surface area (Å²) < 4.78 is 16.7. The van der Waals surface area contributed by atoms with Gasteiger partial charge in [-0.2, -0.15) is 0 Å². The molecule has 0 radical (unpaired) electrons. The number of hydrogen-bond donors (Lipinski definition) is 0. The van der Waals surface area contributed by atoms with Crippen LogP contribution in [0.3, 0.4) is 0 Å². The van der Waals surface area contributed by atoms with E-state index in [0.717, 1.165) is 16.7 Å². The molecule has 1 aliphatic heterocycles. The maximum atomic E-state index is 12.3. The van der Waals surface area contributed by atoms with Crippen molar-refractivity contribution in [3.8, 4) is 11.5 Å². The minimum atomic E-state index is -0.518. The molecule has 5 nitrogen and oxygen atoms in total. The third-order valence-corrected chi connectivity index (χ3v) is 4.95. The number of aryl methyl sites for hydroxylation is 1. The van der Waals surface area contributed by atoms with Crippen molar-refractivity contribution in [2.24, 2.45) is 4.99 Å². The van der Waals surface area contributed by atoms with Crippen LogP contribution in [0.5, 0.6) is 11.5 Å². The Morgan fingerprint density at radius 3 is 2.61 bits per heavy atom. The first-order valence-electron chi connectivity index (χ1n) is 9.67. The monoisotopic (exact) mass is 433 g/mol. The molecule has 0 atom stereocenters. The van der Waals surface area contributed by atoms with Gasteiger partial charge in [-0.3, -0.25) is 0 Å². The zero-order chi connectivity index (χ0) is 21.8. The lowest BCUT2D eigenvalue weighted by Gasteiger charge is -2.13. The van der Waals surface area contributed by atoms with E-state index in [2.05, 4.69) is 4.99 Å². The molecular formula is C25H20ClNO4. The van der Waals surface area contributed by atoms with Crippen molar-refractivity contribution >= 4 is 29.5 Å².